The molecule has 4 nitrogen and oxygen atoms in total. The molecule has 3 N–H and O–H groups in total. The van der Waals surface area contributed by atoms with Gasteiger partial charge >= 0.3 is 0 Å². The molecule has 0 aliphatic heterocycles. The van der Waals surface area contributed by atoms with Crippen molar-refractivity contribution in [1.82, 2.24) is 4.98 Å². The van der Waals surface area contributed by atoms with E-state index in [2.05, 4.69) is 16.4 Å². The molecule has 0 aliphatic carbocycles. The van der Waals surface area contributed by atoms with Gasteiger partial charge in [-0.15, -0.1) is 0 Å². The van der Waals surface area contributed by atoms with E-state index in [1.165, 1.54) is 0 Å². The monoisotopic (exact) mass is 293 g/mol. The van der Waals surface area contributed by atoms with E-state index in [0.29, 0.717) is 0 Å². The Labute approximate surface area is 129 Å². The van der Waals surface area contributed by atoms with Crippen LogP contribution < -0.4 is 15.8 Å². The first-order valence-corrected chi connectivity index (χ1v) is 7.15. The van der Waals surface area contributed by atoms with Gasteiger partial charge in [-0.3, -0.25) is 4.98 Å². The lowest BCUT2D eigenvalue weighted by atomic mass is 10.1. The Balaban J connectivity index is 2.06. The second kappa shape index (κ2) is 5.56. The molecule has 3 rings (SSSR count). The second-order valence-electron chi connectivity index (χ2n) is 5.39. The van der Waals surface area contributed by atoms with Crippen molar-refractivity contribution in [3.05, 3.63) is 53.7 Å². The second-order valence-corrected chi connectivity index (χ2v) is 5.39. The van der Waals surface area contributed by atoms with Crippen LogP contribution in [-0.2, 0) is 0 Å². The van der Waals surface area contributed by atoms with Gasteiger partial charge in [0.05, 0.1) is 12.6 Å². The summed E-state index contributed by atoms with van der Waals surface area (Å²) in [6.45, 7) is 4.02. The molecule has 2 aromatic carbocycles. The van der Waals surface area contributed by atoms with Gasteiger partial charge in [-0.2, -0.15) is 0 Å². The number of rotatable bonds is 3. The van der Waals surface area contributed by atoms with Crippen LogP contribution in [0.25, 0.3) is 10.9 Å². The molecule has 0 radical (unpaired) electrons. The summed E-state index contributed by atoms with van der Waals surface area (Å²) in [5.74, 6) is 0.844. The van der Waals surface area contributed by atoms with Crippen molar-refractivity contribution in [2.24, 2.45) is 0 Å². The quantitative estimate of drug-likeness (QED) is 0.711. The van der Waals surface area contributed by atoms with Crippen molar-refractivity contribution in [1.29, 1.82) is 0 Å². The average Bonchev–Trinajstić information content (AvgIpc) is 2.51. The molecule has 0 amide bonds. The summed E-state index contributed by atoms with van der Waals surface area (Å²) in [6.07, 6.45) is 1.79. The molecule has 0 saturated carbocycles. The highest BCUT2D eigenvalue weighted by Gasteiger charge is 2.07. The Kier molecular flexibility index (Phi) is 3.59. The van der Waals surface area contributed by atoms with E-state index < -0.39 is 0 Å². The molecule has 1 aromatic heterocycles. The average molecular weight is 293 g/mol. The standard InChI is InChI=1S/C18H19N3O/c1-11-4-5-13(9-15(11)19)21-16-6-7-20-17-10-18(22-3)12(2)8-14(16)17/h4-10H,19H2,1-3H3,(H,20,21). The molecule has 0 atom stereocenters. The van der Waals surface area contributed by atoms with Gasteiger partial charge in [0.15, 0.2) is 0 Å². The molecule has 0 bridgehead atoms. The Morgan fingerprint density at radius 3 is 2.59 bits per heavy atom. The van der Waals surface area contributed by atoms with Gasteiger partial charge in [0.1, 0.15) is 5.75 Å². The maximum Gasteiger partial charge on any atom is 0.123 e. The lowest BCUT2D eigenvalue weighted by molar-refractivity contribution is 0.412. The fourth-order valence-electron chi connectivity index (χ4n) is 2.48. The van der Waals surface area contributed by atoms with E-state index in [4.69, 9.17) is 10.5 Å². The number of nitrogens with two attached hydrogens (primary N) is 1. The lowest BCUT2D eigenvalue weighted by Crippen LogP contribution is -1.96. The van der Waals surface area contributed by atoms with E-state index in [0.717, 1.165) is 44.8 Å². The molecule has 112 valence electrons. The van der Waals surface area contributed by atoms with Crippen LogP contribution in [0.1, 0.15) is 11.1 Å². The predicted octanol–water partition coefficient (Wildman–Crippen LogP) is 4.19. The van der Waals surface area contributed by atoms with E-state index in [1.54, 1.807) is 13.3 Å². The van der Waals surface area contributed by atoms with Crippen molar-refractivity contribution in [2.75, 3.05) is 18.2 Å². The largest absolute Gasteiger partial charge is 0.496 e. The van der Waals surface area contributed by atoms with Gasteiger partial charge < -0.3 is 15.8 Å². The number of nitrogens with one attached hydrogen (secondary N) is 1. The SMILES string of the molecule is COc1cc2nccc(Nc3ccc(C)c(N)c3)c2cc1C. The van der Waals surface area contributed by atoms with Crippen LogP contribution >= 0.6 is 0 Å². The van der Waals surface area contributed by atoms with Crippen molar-refractivity contribution in [3.63, 3.8) is 0 Å². The highest BCUT2D eigenvalue weighted by Crippen LogP contribution is 2.31. The molecular weight excluding hydrogens is 274 g/mol. The number of hydrogen-bond donors (Lipinski definition) is 2. The van der Waals surface area contributed by atoms with E-state index in [-0.39, 0.29) is 0 Å². The number of hydrogen-bond acceptors (Lipinski definition) is 4. The molecular formula is C18H19N3O. The number of methoxy groups -OCH3 is 1. The Bertz CT molecular complexity index is 843. The zero-order valence-corrected chi connectivity index (χ0v) is 13.0. The number of anilines is 3. The topological polar surface area (TPSA) is 60.2 Å². The van der Waals surface area contributed by atoms with Crippen molar-refractivity contribution in [3.8, 4) is 5.75 Å². The number of ether oxygens (including phenoxy) is 1. The summed E-state index contributed by atoms with van der Waals surface area (Å²) in [6, 6.07) is 12.0. The fraction of sp³-hybridized carbons (Fsp3) is 0.167. The minimum absolute atomic E-state index is 0.779. The molecule has 0 aliphatic rings. The predicted molar refractivity (Wildman–Crippen MR) is 91.9 cm³/mol. The van der Waals surface area contributed by atoms with Gasteiger partial charge in [-0.05, 0) is 49.2 Å². The minimum Gasteiger partial charge on any atom is -0.496 e. The lowest BCUT2D eigenvalue weighted by Gasteiger charge is -2.13. The molecule has 0 saturated heterocycles. The molecule has 0 spiro atoms. The number of fused-ring (bicyclic) bond motifs is 1. The first kappa shape index (κ1) is 14.2. The first-order chi connectivity index (χ1) is 10.6. The van der Waals surface area contributed by atoms with Crippen LogP contribution in [0, 0.1) is 13.8 Å². The third-order valence-corrected chi connectivity index (χ3v) is 3.82. The zero-order valence-electron chi connectivity index (χ0n) is 13.0. The molecule has 0 unspecified atom stereocenters. The van der Waals surface area contributed by atoms with E-state index >= 15 is 0 Å². The maximum atomic E-state index is 5.98. The number of benzene rings is 2. The minimum atomic E-state index is 0.779. The van der Waals surface area contributed by atoms with Gasteiger partial charge in [0.25, 0.3) is 0 Å². The Hall–Kier alpha value is -2.75. The number of nitrogens with zero attached hydrogens (tertiary/aromatic N) is 1. The van der Waals surface area contributed by atoms with Crippen LogP contribution in [0.3, 0.4) is 0 Å². The van der Waals surface area contributed by atoms with Gasteiger partial charge in [-0.1, -0.05) is 6.07 Å². The normalized spacial score (nSPS) is 10.7. The summed E-state index contributed by atoms with van der Waals surface area (Å²) in [7, 11) is 1.67. The van der Waals surface area contributed by atoms with Crippen molar-refractivity contribution < 1.29 is 4.74 Å². The maximum absolute atomic E-state index is 5.98. The van der Waals surface area contributed by atoms with Gasteiger partial charge in [0.2, 0.25) is 0 Å². The van der Waals surface area contributed by atoms with Gasteiger partial charge in [0, 0.05) is 34.7 Å². The third kappa shape index (κ3) is 2.55. The van der Waals surface area contributed by atoms with E-state index in [9.17, 15) is 0 Å². The number of aryl methyl sites for hydroxylation is 2. The number of pyridine rings is 1. The molecule has 22 heavy (non-hydrogen) atoms. The van der Waals surface area contributed by atoms with Crippen molar-refractivity contribution >= 4 is 28.0 Å². The highest BCUT2D eigenvalue weighted by molar-refractivity contribution is 5.94. The summed E-state index contributed by atoms with van der Waals surface area (Å²) in [5.41, 5.74) is 11.8. The molecule has 1 heterocycles. The van der Waals surface area contributed by atoms with Crippen LogP contribution in [-0.4, -0.2) is 12.1 Å². The van der Waals surface area contributed by atoms with E-state index in [1.807, 2.05) is 44.2 Å². The summed E-state index contributed by atoms with van der Waals surface area (Å²) < 4.78 is 5.36. The van der Waals surface area contributed by atoms with Crippen LogP contribution in [0.5, 0.6) is 5.75 Å². The molecule has 0 fully saturated rings. The number of nitrogen functional groups attached to an aromatic ring is 1. The highest BCUT2D eigenvalue weighted by atomic mass is 16.5. The smallest absolute Gasteiger partial charge is 0.123 e. The Morgan fingerprint density at radius 1 is 1.05 bits per heavy atom. The zero-order chi connectivity index (χ0) is 15.7. The summed E-state index contributed by atoms with van der Waals surface area (Å²) in [5, 5.41) is 4.47. The Morgan fingerprint density at radius 2 is 1.86 bits per heavy atom. The first-order valence-electron chi connectivity index (χ1n) is 7.15. The summed E-state index contributed by atoms with van der Waals surface area (Å²) >= 11 is 0. The van der Waals surface area contributed by atoms with Gasteiger partial charge in [-0.25, -0.2) is 0 Å². The molecule has 4 heteroatoms. The number of aromatic nitrogens is 1. The van der Waals surface area contributed by atoms with Crippen LogP contribution in [0.15, 0.2) is 42.6 Å². The fourth-order valence-corrected chi connectivity index (χ4v) is 2.48. The van der Waals surface area contributed by atoms with Crippen LogP contribution in [0.4, 0.5) is 17.1 Å². The molecule has 3 aromatic rings. The summed E-state index contributed by atoms with van der Waals surface area (Å²) in [4.78, 5) is 4.42. The third-order valence-electron chi connectivity index (χ3n) is 3.82. The van der Waals surface area contributed by atoms with Crippen molar-refractivity contribution in [2.45, 2.75) is 13.8 Å². The van der Waals surface area contributed by atoms with Crippen LogP contribution in [0.2, 0.25) is 0 Å².